The van der Waals surface area contributed by atoms with Crippen LogP contribution in [0.15, 0.2) is 24.3 Å². The molecule has 0 bridgehead atoms. The van der Waals surface area contributed by atoms with Crippen LogP contribution in [0.2, 0.25) is 0 Å². The molecule has 2 rings (SSSR count). The van der Waals surface area contributed by atoms with Crippen LogP contribution >= 0.6 is 0 Å². The highest BCUT2D eigenvalue weighted by molar-refractivity contribution is 5.82. The van der Waals surface area contributed by atoms with E-state index >= 15 is 0 Å². The summed E-state index contributed by atoms with van der Waals surface area (Å²) in [7, 11) is 0. The molecule has 0 unspecified atom stereocenters. The van der Waals surface area contributed by atoms with Crippen molar-refractivity contribution in [2.45, 2.75) is 81.8 Å². The fraction of sp³-hybridized carbons (Fsp3) is 0.700. The Kier molecular flexibility index (Phi) is 9.56. The molecule has 11 heteroatoms. The van der Waals surface area contributed by atoms with Crippen molar-refractivity contribution in [2.75, 3.05) is 6.61 Å². The van der Waals surface area contributed by atoms with Crippen molar-refractivity contribution in [3.8, 4) is 0 Å². The summed E-state index contributed by atoms with van der Waals surface area (Å²) in [4.78, 5) is 23.9. The van der Waals surface area contributed by atoms with Gasteiger partial charge < -0.3 is 44.5 Å². The number of carbonyl (C=O) groups excluding carboxylic acids is 2. The molecule has 176 valence electrons. The summed E-state index contributed by atoms with van der Waals surface area (Å²) in [5.41, 5.74) is 0. The van der Waals surface area contributed by atoms with E-state index < -0.39 is 73.7 Å². The van der Waals surface area contributed by atoms with Crippen LogP contribution in [0.25, 0.3) is 0 Å². The molecule has 0 aromatic rings. The van der Waals surface area contributed by atoms with Gasteiger partial charge in [-0.2, -0.15) is 0 Å². The number of hydrogen-bond donors (Lipinski definition) is 5. The lowest BCUT2D eigenvalue weighted by Gasteiger charge is -2.41. The number of ether oxygens (including phenoxy) is 4. The molecule has 2 heterocycles. The van der Waals surface area contributed by atoms with Gasteiger partial charge in [-0.15, -0.1) is 0 Å². The quantitative estimate of drug-likeness (QED) is 0.313. The Morgan fingerprint density at radius 1 is 0.968 bits per heavy atom. The first-order valence-corrected chi connectivity index (χ1v) is 10.0. The van der Waals surface area contributed by atoms with Gasteiger partial charge in [0.05, 0.1) is 12.7 Å². The SMILES string of the molecule is C[C@@H]1C[C@@H](O)[C@H](O[C@@H]2O[C@@H](CO)[C@H](O)[C@@H](O)[C@@H]2O)/C=C/C(=O)O[C@@H](C)C/C=C/C(=O)O1. The summed E-state index contributed by atoms with van der Waals surface area (Å²) >= 11 is 0. The largest absolute Gasteiger partial charge is 0.459 e. The molecule has 0 aromatic carbocycles. The molecule has 2 aliphatic rings. The number of aliphatic hydroxyl groups excluding tert-OH is 5. The Morgan fingerprint density at radius 3 is 2.29 bits per heavy atom. The van der Waals surface area contributed by atoms with E-state index in [4.69, 9.17) is 18.9 Å². The third-order valence-corrected chi connectivity index (χ3v) is 4.87. The highest BCUT2D eigenvalue weighted by Gasteiger charge is 2.45. The molecule has 5 N–H and O–H groups in total. The first kappa shape index (κ1) is 25.4. The molecule has 11 nitrogen and oxygen atoms in total. The number of rotatable bonds is 3. The van der Waals surface area contributed by atoms with Crippen LogP contribution in [0.4, 0.5) is 0 Å². The summed E-state index contributed by atoms with van der Waals surface area (Å²) in [5.74, 6) is -1.35. The van der Waals surface area contributed by atoms with E-state index in [1.54, 1.807) is 13.8 Å². The van der Waals surface area contributed by atoms with E-state index in [-0.39, 0.29) is 12.8 Å². The van der Waals surface area contributed by atoms with E-state index in [0.717, 1.165) is 6.08 Å². The van der Waals surface area contributed by atoms with Crippen molar-refractivity contribution in [2.24, 2.45) is 0 Å². The molecule has 0 amide bonds. The second kappa shape index (κ2) is 11.7. The molecule has 2 aliphatic heterocycles. The van der Waals surface area contributed by atoms with Crippen molar-refractivity contribution >= 4 is 11.9 Å². The van der Waals surface area contributed by atoms with E-state index in [1.165, 1.54) is 18.2 Å². The molecular weight excluding hydrogens is 416 g/mol. The van der Waals surface area contributed by atoms with Crippen LogP contribution in [0.1, 0.15) is 26.7 Å². The molecule has 0 aliphatic carbocycles. The van der Waals surface area contributed by atoms with E-state index in [0.29, 0.717) is 0 Å². The maximum Gasteiger partial charge on any atom is 0.330 e. The zero-order chi connectivity index (χ0) is 23.1. The van der Waals surface area contributed by atoms with Gasteiger partial charge in [0.2, 0.25) is 0 Å². The zero-order valence-corrected chi connectivity index (χ0v) is 17.3. The predicted molar refractivity (Wildman–Crippen MR) is 103 cm³/mol. The monoisotopic (exact) mass is 446 g/mol. The lowest BCUT2D eigenvalue weighted by Crippen LogP contribution is -2.60. The first-order valence-electron chi connectivity index (χ1n) is 10.0. The van der Waals surface area contributed by atoms with E-state index in [2.05, 4.69) is 0 Å². The average Bonchev–Trinajstić information content (AvgIpc) is 2.69. The van der Waals surface area contributed by atoms with Gasteiger partial charge in [-0.3, -0.25) is 0 Å². The summed E-state index contributed by atoms with van der Waals surface area (Å²) in [5, 5.41) is 49.9. The molecule has 9 atom stereocenters. The Bertz CT molecular complexity index is 662. The Hall–Kier alpha value is -1.86. The standard InChI is InChI=1S/C20H30O11/c1-10-4-3-5-15(23)29-11(2)8-12(22)13(6-7-16(24)28-10)30-20-19(27)18(26)17(25)14(9-21)31-20/h3,5-7,10-14,17-22,25-27H,4,8-9H2,1-2H3/b5-3+,7-6+/t10-,11+,12+,13+,14-,17-,18+,19-,20+/m0/s1. The summed E-state index contributed by atoms with van der Waals surface area (Å²) in [6.07, 6.45) is -6.33. The normalized spacial score (nSPS) is 42.7. The van der Waals surface area contributed by atoms with Crippen LogP contribution in [-0.4, -0.2) is 99.2 Å². The van der Waals surface area contributed by atoms with Gasteiger partial charge >= 0.3 is 11.9 Å². The fourth-order valence-corrected chi connectivity index (χ4v) is 3.17. The molecule has 1 fully saturated rings. The smallest absolute Gasteiger partial charge is 0.330 e. The van der Waals surface area contributed by atoms with E-state index in [1.807, 2.05) is 0 Å². The lowest BCUT2D eigenvalue weighted by molar-refractivity contribution is -0.312. The van der Waals surface area contributed by atoms with Crippen molar-refractivity contribution in [1.29, 1.82) is 0 Å². The van der Waals surface area contributed by atoms with Crippen molar-refractivity contribution in [3.63, 3.8) is 0 Å². The predicted octanol–water partition coefficient (Wildman–Crippen LogP) is -1.70. The minimum absolute atomic E-state index is 0.0859. The van der Waals surface area contributed by atoms with Gasteiger partial charge in [0.15, 0.2) is 6.29 Å². The fourth-order valence-electron chi connectivity index (χ4n) is 3.17. The van der Waals surface area contributed by atoms with Crippen LogP contribution in [0.3, 0.4) is 0 Å². The van der Waals surface area contributed by atoms with Crippen molar-refractivity contribution < 1.29 is 54.1 Å². The number of cyclic esters (lactones) is 2. The Morgan fingerprint density at radius 2 is 1.61 bits per heavy atom. The molecule has 0 radical (unpaired) electrons. The van der Waals surface area contributed by atoms with Gasteiger partial charge in [-0.1, -0.05) is 6.08 Å². The Balaban J connectivity index is 2.21. The molecule has 0 aromatic heterocycles. The minimum atomic E-state index is -1.70. The highest BCUT2D eigenvalue weighted by atomic mass is 16.7. The van der Waals surface area contributed by atoms with Gasteiger partial charge in [-0.05, 0) is 19.9 Å². The molecular formula is C20H30O11. The van der Waals surface area contributed by atoms with Crippen LogP contribution in [0, 0.1) is 0 Å². The molecule has 0 spiro atoms. The molecule has 0 saturated carbocycles. The van der Waals surface area contributed by atoms with Gasteiger partial charge in [0, 0.05) is 25.0 Å². The summed E-state index contributed by atoms with van der Waals surface area (Å²) < 4.78 is 21.2. The van der Waals surface area contributed by atoms with Gasteiger partial charge in [0.25, 0.3) is 0 Å². The third-order valence-electron chi connectivity index (χ3n) is 4.87. The third kappa shape index (κ3) is 7.35. The maximum absolute atomic E-state index is 12.0. The second-order valence-corrected chi connectivity index (χ2v) is 7.59. The molecule has 31 heavy (non-hydrogen) atoms. The maximum atomic E-state index is 12.0. The second-order valence-electron chi connectivity index (χ2n) is 7.59. The number of esters is 2. The zero-order valence-electron chi connectivity index (χ0n) is 17.3. The lowest BCUT2D eigenvalue weighted by atomic mass is 9.99. The van der Waals surface area contributed by atoms with Crippen molar-refractivity contribution in [1.82, 2.24) is 0 Å². The number of carbonyl (C=O) groups is 2. The van der Waals surface area contributed by atoms with Gasteiger partial charge in [-0.25, -0.2) is 9.59 Å². The van der Waals surface area contributed by atoms with Crippen molar-refractivity contribution in [3.05, 3.63) is 24.3 Å². The van der Waals surface area contributed by atoms with Gasteiger partial charge in [0.1, 0.15) is 42.7 Å². The highest BCUT2D eigenvalue weighted by Crippen LogP contribution is 2.25. The van der Waals surface area contributed by atoms with Crippen LogP contribution < -0.4 is 0 Å². The molecule has 1 saturated heterocycles. The van der Waals surface area contributed by atoms with Crippen LogP contribution in [-0.2, 0) is 28.5 Å². The number of aliphatic hydroxyl groups is 5. The topological polar surface area (TPSA) is 172 Å². The first-order chi connectivity index (χ1) is 14.6. The van der Waals surface area contributed by atoms with E-state index in [9.17, 15) is 35.1 Å². The average molecular weight is 446 g/mol. The summed E-state index contributed by atoms with van der Waals surface area (Å²) in [6.45, 7) is 2.54. The number of hydrogen-bond acceptors (Lipinski definition) is 11. The van der Waals surface area contributed by atoms with Crippen LogP contribution in [0.5, 0.6) is 0 Å². The Labute approximate surface area is 179 Å². The minimum Gasteiger partial charge on any atom is -0.459 e. The summed E-state index contributed by atoms with van der Waals surface area (Å²) in [6, 6.07) is 0.